The first-order valence-corrected chi connectivity index (χ1v) is 25.8. The Morgan fingerprint density at radius 2 is 1.29 bits per heavy atom. The summed E-state index contributed by atoms with van der Waals surface area (Å²) in [7, 11) is -5.02. The van der Waals surface area contributed by atoms with E-state index in [4.69, 9.17) is 32.7 Å². The number of ether oxygens (including phenoxy) is 2. The van der Waals surface area contributed by atoms with E-state index in [1.807, 2.05) is 28.8 Å². The minimum Gasteiger partial charge on any atom is -0.497 e. The Bertz CT molecular complexity index is 1540. The van der Waals surface area contributed by atoms with Crippen molar-refractivity contribution in [3.8, 4) is 5.75 Å². The van der Waals surface area contributed by atoms with Gasteiger partial charge in [-0.3, -0.25) is 4.57 Å². The molecule has 1 fully saturated rings. The topological polar surface area (TPSA) is 102 Å². The molecule has 1 aromatic carbocycles. The van der Waals surface area contributed by atoms with E-state index in [0.717, 1.165) is 11.4 Å². The number of hydrogen-bond donors (Lipinski definition) is 1. The zero-order chi connectivity index (χ0) is 36.1. The summed E-state index contributed by atoms with van der Waals surface area (Å²) in [5, 5.41) is 3.43. The Hall–Kier alpha value is -2.14. The molecule has 3 aromatic rings. The van der Waals surface area contributed by atoms with Gasteiger partial charge < -0.3 is 28.1 Å². The largest absolute Gasteiger partial charge is 0.497 e. The molecule has 0 radical (unpaired) electrons. The van der Waals surface area contributed by atoms with E-state index in [1.54, 1.807) is 19.8 Å². The average molecular weight is 716 g/mol. The van der Waals surface area contributed by atoms with E-state index in [-0.39, 0.29) is 27.3 Å². The molecule has 4 rings (SSSR count). The second kappa shape index (κ2) is 13.5. The average Bonchev–Trinajstić information content (AvgIpc) is 3.52. The lowest BCUT2D eigenvalue weighted by molar-refractivity contribution is -0.0470. The van der Waals surface area contributed by atoms with Crippen LogP contribution < -0.4 is 10.1 Å². The Kier molecular flexibility index (Phi) is 10.9. The molecule has 13 heteroatoms. The third-order valence-corrected chi connectivity index (χ3v) is 24.6. The molecule has 0 amide bonds. The fourth-order valence-electron chi connectivity index (χ4n) is 4.82. The van der Waals surface area contributed by atoms with Crippen LogP contribution in [0.4, 0.5) is 11.5 Å². The van der Waals surface area contributed by atoms with Crippen molar-refractivity contribution in [3.05, 3.63) is 36.9 Å². The summed E-state index contributed by atoms with van der Waals surface area (Å²) in [5.74, 6) is 1.39. The molecule has 2 aromatic heterocycles. The molecule has 1 aliphatic rings. The van der Waals surface area contributed by atoms with Crippen LogP contribution in [-0.4, -0.2) is 76.5 Å². The van der Waals surface area contributed by atoms with Crippen LogP contribution in [0.25, 0.3) is 11.2 Å². The van der Waals surface area contributed by atoms with E-state index in [9.17, 15) is 0 Å². The molecule has 1 aliphatic heterocycles. The molecular weight excluding hydrogens is 655 g/mol. The van der Waals surface area contributed by atoms with Crippen molar-refractivity contribution >= 4 is 47.6 Å². The second-order valence-corrected chi connectivity index (χ2v) is 32.0. The lowest BCUT2D eigenvalue weighted by atomic mass is 10.1. The zero-order valence-corrected chi connectivity index (χ0v) is 35.3. The van der Waals surface area contributed by atoms with E-state index >= 15 is 0 Å². The molecule has 0 unspecified atom stereocenters. The number of benzene rings is 1. The first-order chi connectivity index (χ1) is 21.9. The van der Waals surface area contributed by atoms with Crippen LogP contribution in [0, 0.1) is 0 Å². The van der Waals surface area contributed by atoms with Gasteiger partial charge in [0.05, 0.1) is 20.0 Å². The highest BCUT2D eigenvalue weighted by Crippen LogP contribution is 2.47. The van der Waals surface area contributed by atoms with Gasteiger partial charge in [-0.1, -0.05) is 62.3 Å². The summed E-state index contributed by atoms with van der Waals surface area (Å²) in [5.41, 5.74) is 2.17. The number of nitrogens with zero attached hydrogens (tertiary/aromatic N) is 4. The minimum atomic E-state index is -2.31. The maximum atomic E-state index is 7.34. The molecule has 0 aliphatic carbocycles. The van der Waals surface area contributed by atoms with Gasteiger partial charge in [-0.25, -0.2) is 15.0 Å². The summed E-state index contributed by atoms with van der Waals surface area (Å²) < 4.78 is 35.9. The zero-order valence-electron chi connectivity index (χ0n) is 32.3. The van der Waals surface area contributed by atoms with Crippen LogP contribution in [0.15, 0.2) is 36.9 Å². The number of methoxy groups -OCH3 is 1. The Morgan fingerprint density at radius 3 is 1.81 bits per heavy atom. The summed E-state index contributed by atoms with van der Waals surface area (Å²) in [6.45, 7) is 34.6. The molecule has 268 valence electrons. The summed E-state index contributed by atoms with van der Waals surface area (Å²) in [4.78, 5) is 14.1. The first kappa shape index (κ1) is 38.7. The fourth-order valence-corrected chi connectivity index (χ4v) is 8.43. The molecule has 0 spiro atoms. The maximum Gasteiger partial charge on any atom is 0.192 e. The van der Waals surface area contributed by atoms with E-state index < -0.39 is 37.3 Å². The van der Waals surface area contributed by atoms with Crippen molar-refractivity contribution in [2.75, 3.05) is 19.0 Å². The normalized spacial score (nSPS) is 21.6. The highest BCUT2D eigenvalue weighted by Gasteiger charge is 2.55. The van der Waals surface area contributed by atoms with Crippen LogP contribution in [0.1, 0.15) is 68.5 Å². The minimum absolute atomic E-state index is 0.00555. The number of fused-ring (bicyclic) bond motifs is 1. The standard InChI is InChI=1S/C35H61N5O5Si3/c1-33(2,3)46(11,12)42-21-26-28(44-47(13,14)34(4,5)6)29(45-48(15,16)35(7,8)9)32(43-26)40-23-38-27-30(36-22-37-31(27)40)39-24-17-19-25(41-10)20-18-24/h17-20,22-23,26,28-29,32H,21H2,1-16H3,(H,36,37,39)/t26-,28-,29-,32-/m1/s1. The highest BCUT2D eigenvalue weighted by atomic mass is 28.4. The molecule has 3 heterocycles. The SMILES string of the molecule is COc1ccc(Nc2ncnc3c2ncn3[C@@H]2O[C@H](CO[Si](C)(C)C(C)(C)C)[C@@H](O[Si](C)(C)C(C)(C)C)[C@H]2O[Si](C)(C)C(C)(C)C)cc1. The quantitative estimate of drug-likeness (QED) is 0.195. The predicted molar refractivity (Wildman–Crippen MR) is 203 cm³/mol. The van der Waals surface area contributed by atoms with Crippen LogP contribution in [-0.2, 0) is 18.0 Å². The van der Waals surface area contributed by atoms with Gasteiger partial charge in [0, 0.05) is 5.69 Å². The Labute approximate surface area is 292 Å². The molecule has 0 bridgehead atoms. The van der Waals surface area contributed by atoms with Crippen LogP contribution in [0.2, 0.25) is 54.4 Å². The predicted octanol–water partition coefficient (Wildman–Crippen LogP) is 9.28. The number of hydrogen-bond acceptors (Lipinski definition) is 9. The van der Waals surface area contributed by atoms with Gasteiger partial charge in [-0.15, -0.1) is 0 Å². The Balaban J connectivity index is 1.81. The number of aromatic nitrogens is 4. The van der Waals surface area contributed by atoms with Crippen LogP contribution >= 0.6 is 0 Å². The summed E-state index contributed by atoms with van der Waals surface area (Å²) >= 11 is 0. The van der Waals surface area contributed by atoms with E-state index in [1.165, 1.54) is 0 Å². The van der Waals surface area contributed by atoms with Crippen molar-refractivity contribution in [2.24, 2.45) is 0 Å². The number of imidazole rings is 1. The third kappa shape index (κ3) is 8.08. The monoisotopic (exact) mass is 715 g/mol. The van der Waals surface area contributed by atoms with Gasteiger partial charge >= 0.3 is 0 Å². The smallest absolute Gasteiger partial charge is 0.192 e. The molecule has 1 N–H and O–H groups in total. The van der Waals surface area contributed by atoms with Gasteiger partial charge in [0.25, 0.3) is 0 Å². The van der Waals surface area contributed by atoms with Crippen LogP contribution in [0.5, 0.6) is 5.75 Å². The third-order valence-electron chi connectivity index (χ3n) is 11.2. The summed E-state index contributed by atoms with van der Waals surface area (Å²) in [6, 6.07) is 7.71. The molecule has 4 atom stereocenters. The highest BCUT2D eigenvalue weighted by molar-refractivity contribution is 6.75. The van der Waals surface area contributed by atoms with Gasteiger partial charge in [0.15, 0.2) is 48.2 Å². The van der Waals surface area contributed by atoms with Gasteiger partial charge in [-0.2, -0.15) is 0 Å². The van der Waals surface area contributed by atoms with Gasteiger partial charge in [0.2, 0.25) is 0 Å². The van der Waals surface area contributed by atoms with Gasteiger partial charge in [0.1, 0.15) is 30.4 Å². The molecular formula is C35H61N5O5Si3. The van der Waals surface area contributed by atoms with Crippen molar-refractivity contribution in [2.45, 2.75) is 141 Å². The molecule has 10 nitrogen and oxygen atoms in total. The van der Waals surface area contributed by atoms with E-state index in [0.29, 0.717) is 23.6 Å². The number of nitrogens with one attached hydrogen (secondary N) is 1. The summed E-state index contributed by atoms with van der Waals surface area (Å²) in [6.07, 6.45) is 1.74. The molecule has 48 heavy (non-hydrogen) atoms. The lowest BCUT2D eigenvalue weighted by Gasteiger charge is -2.44. The Morgan fingerprint density at radius 1 is 0.750 bits per heavy atom. The van der Waals surface area contributed by atoms with Crippen molar-refractivity contribution in [1.29, 1.82) is 0 Å². The van der Waals surface area contributed by atoms with Crippen molar-refractivity contribution in [1.82, 2.24) is 19.5 Å². The van der Waals surface area contributed by atoms with Crippen LogP contribution in [0.3, 0.4) is 0 Å². The molecule has 1 saturated heterocycles. The fraction of sp³-hybridized carbons (Fsp3) is 0.686. The maximum absolute atomic E-state index is 7.34. The van der Waals surface area contributed by atoms with Gasteiger partial charge in [-0.05, 0) is 78.7 Å². The number of anilines is 2. The van der Waals surface area contributed by atoms with Crippen molar-refractivity contribution in [3.63, 3.8) is 0 Å². The van der Waals surface area contributed by atoms with Crippen molar-refractivity contribution < 1.29 is 22.8 Å². The molecule has 0 saturated carbocycles. The second-order valence-electron chi connectivity index (χ2n) is 17.7. The lowest BCUT2D eigenvalue weighted by Crippen LogP contribution is -2.54. The number of rotatable bonds is 11. The van der Waals surface area contributed by atoms with E-state index in [2.05, 4.69) is 112 Å². The first-order valence-electron chi connectivity index (χ1n) is 17.1.